The summed E-state index contributed by atoms with van der Waals surface area (Å²) in [7, 11) is 0. The van der Waals surface area contributed by atoms with E-state index in [4.69, 9.17) is 0 Å². The van der Waals surface area contributed by atoms with Gasteiger partial charge in [-0.3, -0.25) is 4.79 Å². The van der Waals surface area contributed by atoms with E-state index >= 15 is 0 Å². The minimum Gasteiger partial charge on any atom is -0.360 e. The molecule has 6 heteroatoms. The molecular weight excluding hydrogens is 218 g/mol. The second-order valence-corrected chi connectivity index (χ2v) is 3.68. The van der Waals surface area contributed by atoms with Gasteiger partial charge in [0.25, 0.3) is 0 Å². The summed E-state index contributed by atoms with van der Waals surface area (Å²) < 4.78 is 0. The Labute approximate surface area is 96.0 Å². The van der Waals surface area contributed by atoms with Crippen molar-refractivity contribution in [3.63, 3.8) is 0 Å². The minimum absolute atomic E-state index is 0.0242. The molecule has 0 bridgehead atoms. The third kappa shape index (κ3) is 1.69. The van der Waals surface area contributed by atoms with Crippen LogP contribution in [0.1, 0.15) is 16.2 Å². The fraction of sp³-hybridized carbons (Fsp3) is 0.0909. The third-order valence-corrected chi connectivity index (χ3v) is 2.60. The van der Waals surface area contributed by atoms with Gasteiger partial charge in [0.1, 0.15) is 0 Å². The Morgan fingerprint density at radius 3 is 3.00 bits per heavy atom. The maximum atomic E-state index is 12.0. The SMILES string of the molecule is O=C(Cc1nn[nH]n1)c1c[nH]c2ccccc12. The van der Waals surface area contributed by atoms with Crippen LogP contribution in [0.3, 0.4) is 0 Å². The van der Waals surface area contributed by atoms with Gasteiger partial charge in [-0.15, -0.1) is 10.2 Å². The van der Waals surface area contributed by atoms with Gasteiger partial charge >= 0.3 is 0 Å². The van der Waals surface area contributed by atoms with Crippen LogP contribution in [0.25, 0.3) is 10.9 Å². The van der Waals surface area contributed by atoms with Gasteiger partial charge in [0.15, 0.2) is 11.6 Å². The number of nitrogens with zero attached hydrogens (tertiary/aromatic N) is 3. The summed E-state index contributed by atoms with van der Waals surface area (Å²) in [6.45, 7) is 0. The van der Waals surface area contributed by atoms with E-state index < -0.39 is 0 Å². The number of carbonyl (C=O) groups is 1. The van der Waals surface area contributed by atoms with Crippen molar-refractivity contribution in [3.8, 4) is 0 Å². The molecule has 0 spiro atoms. The van der Waals surface area contributed by atoms with Gasteiger partial charge < -0.3 is 4.98 Å². The number of benzene rings is 1. The zero-order valence-electron chi connectivity index (χ0n) is 8.84. The molecule has 3 aromatic rings. The maximum Gasteiger partial charge on any atom is 0.182 e. The molecule has 2 N–H and O–H groups in total. The molecule has 2 aromatic heterocycles. The standard InChI is InChI=1S/C11H9N5O/c17-10(5-11-13-15-16-14-11)8-6-12-9-4-2-1-3-7(8)9/h1-4,6,12H,5H2,(H,13,14,15,16). The number of hydrogen-bond donors (Lipinski definition) is 2. The number of para-hydroxylation sites is 1. The summed E-state index contributed by atoms with van der Waals surface area (Å²) in [5.74, 6) is 0.379. The number of Topliss-reactive ketones (excluding diaryl/α,β-unsaturated/α-hetero) is 1. The molecule has 0 unspecified atom stereocenters. The van der Waals surface area contributed by atoms with Crippen LogP contribution in [0.2, 0.25) is 0 Å². The molecule has 0 atom stereocenters. The number of aromatic amines is 2. The molecule has 0 saturated carbocycles. The van der Waals surface area contributed by atoms with E-state index in [0.717, 1.165) is 10.9 Å². The molecule has 0 saturated heterocycles. The van der Waals surface area contributed by atoms with Crippen molar-refractivity contribution in [1.29, 1.82) is 0 Å². The monoisotopic (exact) mass is 227 g/mol. The van der Waals surface area contributed by atoms with E-state index in [1.165, 1.54) is 0 Å². The van der Waals surface area contributed by atoms with Crippen molar-refractivity contribution in [2.75, 3.05) is 0 Å². The van der Waals surface area contributed by atoms with Gasteiger partial charge in [-0.1, -0.05) is 23.4 Å². The quantitative estimate of drug-likeness (QED) is 0.656. The molecule has 2 heterocycles. The Hall–Kier alpha value is -2.50. The lowest BCUT2D eigenvalue weighted by Crippen LogP contribution is -2.04. The Morgan fingerprint density at radius 1 is 1.29 bits per heavy atom. The number of aromatic nitrogens is 5. The first-order chi connectivity index (χ1) is 8.34. The van der Waals surface area contributed by atoms with Crippen molar-refractivity contribution in [2.24, 2.45) is 0 Å². The van der Waals surface area contributed by atoms with Gasteiger partial charge in [-0.05, 0) is 6.07 Å². The van der Waals surface area contributed by atoms with E-state index in [1.54, 1.807) is 6.20 Å². The van der Waals surface area contributed by atoms with E-state index in [-0.39, 0.29) is 12.2 Å². The highest BCUT2D eigenvalue weighted by molar-refractivity contribution is 6.08. The molecule has 6 nitrogen and oxygen atoms in total. The van der Waals surface area contributed by atoms with Gasteiger partial charge in [0, 0.05) is 22.7 Å². The molecule has 0 amide bonds. The van der Waals surface area contributed by atoms with Crippen LogP contribution in [0.5, 0.6) is 0 Å². The Morgan fingerprint density at radius 2 is 2.18 bits per heavy atom. The van der Waals surface area contributed by atoms with Crippen LogP contribution in [0.15, 0.2) is 30.5 Å². The van der Waals surface area contributed by atoms with E-state index in [0.29, 0.717) is 11.4 Å². The second-order valence-electron chi connectivity index (χ2n) is 3.68. The molecule has 1 aromatic carbocycles. The van der Waals surface area contributed by atoms with Gasteiger partial charge in [-0.25, -0.2) is 0 Å². The highest BCUT2D eigenvalue weighted by atomic mass is 16.1. The topological polar surface area (TPSA) is 87.3 Å². The Kier molecular flexibility index (Phi) is 2.18. The fourth-order valence-electron chi connectivity index (χ4n) is 1.80. The number of hydrogen-bond acceptors (Lipinski definition) is 4. The molecule has 0 radical (unpaired) electrons. The first kappa shape index (κ1) is 9.71. The number of rotatable bonds is 3. The van der Waals surface area contributed by atoms with Crippen molar-refractivity contribution in [1.82, 2.24) is 25.6 Å². The smallest absolute Gasteiger partial charge is 0.182 e. The number of tetrazole rings is 1. The normalized spacial score (nSPS) is 10.8. The van der Waals surface area contributed by atoms with Crippen LogP contribution in [0.4, 0.5) is 0 Å². The minimum atomic E-state index is -0.0242. The summed E-state index contributed by atoms with van der Waals surface area (Å²) in [4.78, 5) is 15.1. The van der Waals surface area contributed by atoms with Crippen LogP contribution < -0.4 is 0 Å². The van der Waals surface area contributed by atoms with Gasteiger partial charge in [0.05, 0.1) is 6.42 Å². The van der Waals surface area contributed by atoms with E-state index in [9.17, 15) is 4.79 Å². The summed E-state index contributed by atoms with van der Waals surface area (Å²) in [5, 5.41) is 14.2. The molecule has 0 aliphatic carbocycles. The molecule has 0 aliphatic rings. The first-order valence-electron chi connectivity index (χ1n) is 5.16. The van der Waals surface area contributed by atoms with E-state index in [1.807, 2.05) is 24.3 Å². The number of ketones is 1. The zero-order chi connectivity index (χ0) is 11.7. The Balaban J connectivity index is 1.96. The predicted octanol–water partition coefficient (Wildman–Crippen LogP) is 1.11. The lowest BCUT2D eigenvalue weighted by atomic mass is 10.1. The lowest BCUT2D eigenvalue weighted by molar-refractivity contribution is 0.0992. The first-order valence-corrected chi connectivity index (χ1v) is 5.16. The molecular formula is C11H9N5O. The van der Waals surface area contributed by atoms with Crippen LogP contribution in [-0.4, -0.2) is 31.4 Å². The predicted molar refractivity (Wildman–Crippen MR) is 60.5 cm³/mol. The maximum absolute atomic E-state index is 12.0. The number of H-pyrrole nitrogens is 2. The van der Waals surface area contributed by atoms with Gasteiger partial charge in [0.2, 0.25) is 0 Å². The largest absolute Gasteiger partial charge is 0.360 e. The zero-order valence-corrected chi connectivity index (χ0v) is 8.84. The summed E-state index contributed by atoms with van der Waals surface area (Å²) in [5.41, 5.74) is 1.61. The molecule has 17 heavy (non-hydrogen) atoms. The number of nitrogens with one attached hydrogen (secondary N) is 2. The third-order valence-electron chi connectivity index (χ3n) is 2.60. The van der Waals surface area contributed by atoms with Crippen LogP contribution >= 0.6 is 0 Å². The average molecular weight is 227 g/mol. The molecule has 3 rings (SSSR count). The Bertz CT molecular complexity index is 655. The summed E-state index contributed by atoms with van der Waals surface area (Å²) in [6, 6.07) is 7.67. The summed E-state index contributed by atoms with van der Waals surface area (Å²) >= 11 is 0. The fourth-order valence-corrected chi connectivity index (χ4v) is 1.80. The van der Waals surface area contributed by atoms with Crippen molar-refractivity contribution in [3.05, 3.63) is 41.9 Å². The highest BCUT2D eigenvalue weighted by Crippen LogP contribution is 2.18. The molecule has 0 fully saturated rings. The van der Waals surface area contributed by atoms with Gasteiger partial charge in [-0.2, -0.15) is 5.21 Å². The average Bonchev–Trinajstić information content (AvgIpc) is 2.96. The second kappa shape index (κ2) is 3.82. The van der Waals surface area contributed by atoms with Crippen molar-refractivity contribution >= 4 is 16.7 Å². The van der Waals surface area contributed by atoms with Crippen molar-refractivity contribution < 1.29 is 4.79 Å². The molecule has 84 valence electrons. The number of carbonyl (C=O) groups excluding carboxylic acids is 1. The van der Waals surface area contributed by atoms with Crippen molar-refractivity contribution in [2.45, 2.75) is 6.42 Å². The number of fused-ring (bicyclic) bond motifs is 1. The molecule has 0 aliphatic heterocycles. The van der Waals surface area contributed by atoms with Crippen LogP contribution in [-0.2, 0) is 6.42 Å². The van der Waals surface area contributed by atoms with E-state index in [2.05, 4.69) is 25.6 Å². The highest BCUT2D eigenvalue weighted by Gasteiger charge is 2.14. The lowest BCUT2D eigenvalue weighted by Gasteiger charge is -1.95. The summed E-state index contributed by atoms with van der Waals surface area (Å²) in [6.07, 6.45) is 1.87. The van der Waals surface area contributed by atoms with Crippen LogP contribution in [0, 0.1) is 0 Å².